The maximum Gasteiger partial charge on any atom is 0.257 e. The normalized spacial score (nSPS) is 10.6. The molecule has 2 aromatic carbocycles. The van der Waals surface area contributed by atoms with Crippen LogP contribution in [0, 0.1) is 6.92 Å². The topological polar surface area (TPSA) is 98.3 Å². The zero-order chi connectivity index (χ0) is 22.7. The number of hydrogen-bond donors (Lipinski definition) is 2. The molecule has 4 rings (SSSR count). The maximum absolute atomic E-state index is 12.6. The first-order valence-electron chi connectivity index (χ1n) is 9.98. The number of fused-ring (bicyclic) bond motifs is 1. The van der Waals surface area contributed by atoms with E-state index >= 15 is 0 Å². The molecule has 8 nitrogen and oxygen atoms in total. The molecule has 4 aromatic rings. The van der Waals surface area contributed by atoms with E-state index in [-0.39, 0.29) is 5.91 Å². The van der Waals surface area contributed by atoms with Crippen LogP contribution in [0.2, 0.25) is 0 Å². The predicted octanol–water partition coefficient (Wildman–Crippen LogP) is 4.31. The summed E-state index contributed by atoms with van der Waals surface area (Å²) >= 11 is 0. The third-order valence-corrected chi connectivity index (χ3v) is 4.99. The number of benzene rings is 2. The number of nitrogens with zero attached hydrogens (tertiary/aromatic N) is 3. The van der Waals surface area contributed by atoms with E-state index in [0.717, 1.165) is 16.6 Å². The van der Waals surface area contributed by atoms with Crippen LogP contribution in [0.4, 0.5) is 11.6 Å². The van der Waals surface area contributed by atoms with Crippen LogP contribution >= 0.6 is 0 Å². The van der Waals surface area contributed by atoms with Gasteiger partial charge >= 0.3 is 0 Å². The minimum absolute atomic E-state index is 0.232. The van der Waals surface area contributed by atoms with Crippen molar-refractivity contribution in [1.82, 2.24) is 15.0 Å². The Hall–Kier alpha value is -4.20. The summed E-state index contributed by atoms with van der Waals surface area (Å²) in [6.07, 6.45) is 1.56. The van der Waals surface area contributed by atoms with Gasteiger partial charge in [0.2, 0.25) is 5.95 Å². The second-order valence-electron chi connectivity index (χ2n) is 7.09. The monoisotopic (exact) mass is 429 g/mol. The molecule has 2 aromatic heterocycles. The number of nitrogens with one attached hydrogen (secondary N) is 2. The van der Waals surface area contributed by atoms with Crippen LogP contribution in [0.15, 0.2) is 54.7 Å². The molecule has 0 bridgehead atoms. The lowest BCUT2D eigenvalue weighted by molar-refractivity contribution is 0.102. The van der Waals surface area contributed by atoms with Crippen molar-refractivity contribution in [3.05, 3.63) is 66.0 Å². The molecular formula is C24H23N5O3. The molecule has 0 fully saturated rings. The minimum Gasteiger partial charge on any atom is -0.493 e. The van der Waals surface area contributed by atoms with E-state index in [2.05, 4.69) is 25.6 Å². The lowest BCUT2D eigenvalue weighted by Crippen LogP contribution is -2.12. The zero-order valence-corrected chi connectivity index (χ0v) is 18.3. The van der Waals surface area contributed by atoms with Gasteiger partial charge in [-0.3, -0.25) is 9.78 Å². The Morgan fingerprint density at radius 1 is 0.969 bits per heavy atom. The zero-order valence-electron chi connectivity index (χ0n) is 18.3. The van der Waals surface area contributed by atoms with Crippen LogP contribution < -0.4 is 20.1 Å². The maximum atomic E-state index is 12.6. The van der Waals surface area contributed by atoms with Crippen molar-refractivity contribution in [2.75, 3.05) is 31.9 Å². The highest BCUT2D eigenvalue weighted by Crippen LogP contribution is 2.36. The highest BCUT2D eigenvalue weighted by atomic mass is 16.5. The number of pyridine rings is 1. The van der Waals surface area contributed by atoms with E-state index in [1.807, 2.05) is 43.3 Å². The lowest BCUT2D eigenvalue weighted by Gasteiger charge is -2.13. The van der Waals surface area contributed by atoms with Crippen molar-refractivity contribution in [1.29, 1.82) is 0 Å². The molecular weight excluding hydrogens is 406 g/mol. The smallest absolute Gasteiger partial charge is 0.257 e. The number of carbonyl (C=O) groups is 1. The van der Waals surface area contributed by atoms with Gasteiger partial charge in [-0.2, -0.15) is 0 Å². The first-order chi connectivity index (χ1) is 15.5. The summed E-state index contributed by atoms with van der Waals surface area (Å²) < 4.78 is 10.9. The molecule has 0 spiro atoms. The molecule has 0 aliphatic heterocycles. The Labute approximate surface area is 185 Å². The average Bonchev–Trinajstić information content (AvgIpc) is 2.82. The Bertz CT molecular complexity index is 1290. The summed E-state index contributed by atoms with van der Waals surface area (Å²) in [6.45, 7) is 1.88. The summed E-state index contributed by atoms with van der Waals surface area (Å²) in [6, 6.07) is 14.7. The summed E-state index contributed by atoms with van der Waals surface area (Å²) in [5.41, 5.74) is 4.22. The van der Waals surface area contributed by atoms with Gasteiger partial charge < -0.3 is 20.1 Å². The standard InChI is InChI=1S/C24H23N5O3/c1-14-8-9-16(13-26-14)23(30)27-17-7-5-6-15(10-17)22-18-11-20(31-3)21(32-4)12-19(18)28-24(25-2)29-22/h5-13H,1-4H3,(H,27,30)(H,25,28,29). The van der Waals surface area contributed by atoms with E-state index in [1.54, 1.807) is 39.6 Å². The minimum atomic E-state index is -0.232. The van der Waals surface area contributed by atoms with Crippen LogP contribution in [0.25, 0.3) is 22.2 Å². The number of methoxy groups -OCH3 is 2. The third-order valence-electron chi connectivity index (χ3n) is 4.99. The highest BCUT2D eigenvalue weighted by Gasteiger charge is 2.15. The molecule has 0 saturated heterocycles. The van der Waals surface area contributed by atoms with Gasteiger partial charge in [0.05, 0.1) is 31.0 Å². The molecule has 0 unspecified atom stereocenters. The average molecular weight is 429 g/mol. The van der Waals surface area contributed by atoms with Crippen molar-refractivity contribution >= 4 is 28.4 Å². The van der Waals surface area contributed by atoms with Crippen LogP contribution in [0.3, 0.4) is 0 Å². The Balaban J connectivity index is 1.77. The number of aryl methyl sites for hydroxylation is 1. The number of hydrogen-bond acceptors (Lipinski definition) is 7. The highest BCUT2D eigenvalue weighted by molar-refractivity contribution is 6.04. The molecule has 1 amide bonds. The number of rotatable bonds is 6. The number of anilines is 2. The van der Waals surface area contributed by atoms with Gasteiger partial charge in [0.1, 0.15) is 0 Å². The van der Waals surface area contributed by atoms with Gasteiger partial charge in [-0.1, -0.05) is 12.1 Å². The fraction of sp³-hybridized carbons (Fsp3) is 0.167. The lowest BCUT2D eigenvalue weighted by atomic mass is 10.0. The molecule has 0 atom stereocenters. The van der Waals surface area contributed by atoms with Crippen molar-refractivity contribution in [2.24, 2.45) is 0 Å². The number of carbonyl (C=O) groups excluding carboxylic acids is 1. The molecule has 8 heteroatoms. The quantitative estimate of drug-likeness (QED) is 0.471. The Morgan fingerprint density at radius 2 is 1.75 bits per heavy atom. The van der Waals surface area contributed by atoms with Gasteiger partial charge in [0.25, 0.3) is 5.91 Å². The van der Waals surface area contributed by atoms with E-state index < -0.39 is 0 Å². The predicted molar refractivity (Wildman–Crippen MR) is 125 cm³/mol. The number of ether oxygens (including phenoxy) is 2. The fourth-order valence-corrected chi connectivity index (χ4v) is 3.34. The van der Waals surface area contributed by atoms with Gasteiger partial charge in [-0.15, -0.1) is 0 Å². The van der Waals surface area contributed by atoms with Gasteiger partial charge in [-0.05, 0) is 37.3 Å². The number of amides is 1. The molecule has 0 saturated carbocycles. The molecule has 2 heterocycles. The van der Waals surface area contributed by atoms with E-state index in [4.69, 9.17) is 9.47 Å². The first-order valence-corrected chi connectivity index (χ1v) is 9.98. The second kappa shape index (κ2) is 8.89. The second-order valence-corrected chi connectivity index (χ2v) is 7.09. The van der Waals surface area contributed by atoms with Crippen molar-refractivity contribution in [2.45, 2.75) is 6.92 Å². The molecule has 32 heavy (non-hydrogen) atoms. The molecule has 0 aliphatic carbocycles. The van der Waals surface area contributed by atoms with Crippen LogP contribution in [-0.4, -0.2) is 42.1 Å². The van der Waals surface area contributed by atoms with Crippen molar-refractivity contribution in [3.8, 4) is 22.8 Å². The summed E-state index contributed by atoms with van der Waals surface area (Å²) in [4.78, 5) is 26.0. The largest absolute Gasteiger partial charge is 0.493 e. The SMILES string of the molecule is CNc1nc(-c2cccc(NC(=O)c3ccc(C)nc3)c2)c2cc(OC)c(OC)cc2n1. The molecule has 0 aliphatic rings. The summed E-state index contributed by atoms with van der Waals surface area (Å²) in [7, 11) is 4.93. The van der Waals surface area contributed by atoms with Crippen molar-refractivity contribution in [3.63, 3.8) is 0 Å². The Kier molecular flexibility index (Phi) is 5.85. The number of aromatic nitrogens is 3. The van der Waals surface area contributed by atoms with E-state index in [1.165, 1.54) is 0 Å². The van der Waals surface area contributed by atoms with Gasteiger partial charge in [-0.25, -0.2) is 9.97 Å². The fourth-order valence-electron chi connectivity index (χ4n) is 3.34. The third kappa shape index (κ3) is 4.15. The van der Waals surface area contributed by atoms with Crippen molar-refractivity contribution < 1.29 is 14.3 Å². The summed E-state index contributed by atoms with van der Waals surface area (Å²) in [5, 5.41) is 6.72. The van der Waals surface area contributed by atoms with Crippen LogP contribution in [0.5, 0.6) is 11.5 Å². The Morgan fingerprint density at radius 3 is 2.44 bits per heavy atom. The molecule has 0 radical (unpaired) electrons. The van der Waals surface area contributed by atoms with E-state index in [9.17, 15) is 4.79 Å². The van der Waals surface area contributed by atoms with Gasteiger partial charge in [0.15, 0.2) is 11.5 Å². The summed E-state index contributed by atoms with van der Waals surface area (Å²) in [5.74, 6) is 1.40. The van der Waals surface area contributed by atoms with Gasteiger partial charge in [0, 0.05) is 41.6 Å². The van der Waals surface area contributed by atoms with E-state index in [0.29, 0.717) is 39.9 Å². The first kappa shape index (κ1) is 21.0. The molecule has 2 N–H and O–H groups in total. The van der Waals surface area contributed by atoms with Crippen LogP contribution in [-0.2, 0) is 0 Å². The van der Waals surface area contributed by atoms with Crippen LogP contribution in [0.1, 0.15) is 16.1 Å². The molecule has 162 valence electrons.